The number of nitrogens with zero attached hydrogens (tertiary/aromatic N) is 1. The first-order valence-electron chi connectivity index (χ1n) is 10.2. The monoisotopic (exact) mass is 365 g/mol. The van der Waals surface area contributed by atoms with Crippen molar-refractivity contribution >= 4 is 5.97 Å². The average molecular weight is 366 g/mol. The van der Waals surface area contributed by atoms with Crippen molar-refractivity contribution in [2.24, 2.45) is 5.92 Å². The number of rotatable bonds is 8. The van der Waals surface area contributed by atoms with Gasteiger partial charge in [0.1, 0.15) is 0 Å². The minimum Gasteiger partial charge on any atom is -0.466 e. The summed E-state index contributed by atoms with van der Waals surface area (Å²) in [5.41, 5.74) is 2.76. The predicted molar refractivity (Wildman–Crippen MR) is 109 cm³/mol. The molecule has 2 aromatic carbocycles. The van der Waals surface area contributed by atoms with Crippen LogP contribution in [-0.2, 0) is 22.6 Å². The van der Waals surface area contributed by atoms with Gasteiger partial charge in [-0.3, -0.25) is 9.69 Å². The lowest BCUT2D eigenvalue weighted by molar-refractivity contribution is -0.141. The van der Waals surface area contributed by atoms with Crippen molar-refractivity contribution in [3.05, 3.63) is 71.8 Å². The van der Waals surface area contributed by atoms with Crippen molar-refractivity contribution in [1.29, 1.82) is 0 Å². The number of esters is 1. The van der Waals surface area contributed by atoms with Crippen LogP contribution < -0.4 is 0 Å². The van der Waals surface area contributed by atoms with E-state index in [2.05, 4.69) is 65.6 Å². The van der Waals surface area contributed by atoms with E-state index in [-0.39, 0.29) is 5.97 Å². The van der Waals surface area contributed by atoms with Crippen LogP contribution in [0.3, 0.4) is 0 Å². The highest BCUT2D eigenvalue weighted by Crippen LogP contribution is 2.31. The molecular formula is C24H31NO2. The zero-order valence-electron chi connectivity index (χ0n) is 16.3. The first-order chi connectivity index (χ1) is 13.2. The van der Waals surface area contributed by atoms with Gasteiger partial charge in [-0.25, -0.2) is 0 Å². The second-order valence-electron chi connectivity index (χ2n) is 7.68. The molecule has 0 radical (unpaired) electrons. The molecule has 1 aliphatic rings. The summed E-state index contributed by atoms with van der Waals surface area (Å²) >= 11 is 0. The van der Waals surface area contributed by atoms with E-state index < -0.39 is 0 Å². The Morgan fingerprint density at radius 3 is 1.89 bits per heavy atom. The zero-order valence-corrected chi connectivity index (χ0v) is 16.3. The number of carbonyl (C=O) groups is 1. The Bertz CT molecular complexity index is 637. The summed E-state index contributed by atoms with van der Waals surface area (Å²) in [6.45, 7) is 4.06. The van der Waals surface area contributed by atoms with Gasteiger partial charge in [0.2, 0.25) is 0 Å². The molecule has 1 fully saturated rings. The summed E-state index contributed by atoms with van der Waals surface area (Å²) in [5, 5.41) is 0. The van der Waals surface area contributed by atoms with Gasteiger partial charge in [-0.1, -0.05) is 60.7 Å². The van der Waals surface area contributed by atoms with Gasteiger partial charge in [-0.05, 0) is 49.1 Å². The Morgan fingerprint density at radius 2 is 1.41 bits per heavy atom. The number of hydrogen-bond acceptors (Lipinski definition) is 3. The molecule has 1 aliphatic carbocycles. The van der Waals surface area contributed by atoms with Gasteiger partial charge in [0.05, 0.1) is 6.61 Å². The molecule has 3 nitrogen and oxygen atoms in total. The lowest BCUT2D eigenvalue weighted by Gasteiger charge is -2.37. The van der Waals surface area contributed by atoms with Gasteiger partial charge in [-0.15, -0.1) is 0 Å². The molecule has 0 spiro atoms. The zero-order chi connectivity index (χ0) is 18.9. The average Bonchev–Trinajstić information content (AvgIpc) is 2.69. The van der Waals surface area contributed by atoms with E-state index in [0.29, 0.717) is 18.6 Å². The van der Waals surface area contributed by atoms with Crippen molar-refractivity contribution < 1.29 is 9.53 Å². The molecule has 144 valence electrons. The number of hydrogen-bond donors (Lipinski definition) is 0. The van der Waals surface area contributed by atoms with Crippen LogP contribution >= 0.6 is 0 Å². The van der Waals surface area contributed by atoms with E-state index >= 15 is 0 Å². The minimum atomic E-state index is -0.166. The molecule has 0 heterocycles. The SMILES string of the molecule is CC(=O)OCCC1CCC(N(Cc2ccccc2)Cc2ccccc2)CC1. The fourth-order valence-corrected chi connectivity index (χ4v) is 4.12. The molecule has 0 aromatic heterocycles. The Hall–Kier alpha value is -2.13. The smallest absolute Gasteiger partial charge is 0.302 e. The number of carbonyl (C=O) groups excluding carboxylic acids is 1. The highest BCUT2D eigenvalue weighted by molar-refractivity contribution is 5.65. The molecule has 3 heteroatoms. The maximum atomic E-state index is 10.9. The molecule has 0 N–H and O–H groups in total. The molecule has 0 atom stereocenters. The van der Waals surface area contributed by atoms with E-state index in [1.165, 1.54) is 43.7 Å². The summed E-state index contributed by atoms with van der Waals surface area (Å²) in [6.07, 6.45) is 5.91. The molecule has 0 unspecified atom stereocenters. The lowest BCUT2D eigenvalue weighted by Crippen LogP contribution is -2.37. The molecule has 0 aliphatic heterocycles. The first-order valence-corrected chi connectivity index (χ1v) is 10.2. The molecule has 27 heavy (non-hydrogen) atoms. The fraction of sp³-hybridized carbons (Fsp3) is 0.458. The van der Waals surface area contributed by atoms with Crippen LogP contribution in [-0.4, -0.2) is 23.5 Å². The van der Waals surface area contributed by atoms with Gasteiger partial charge >= 0.3 is 5.97 Å². The summed E-state index contributed by atoms with van der Waals surface area (Å²) in [7, 11) is 0. The Kier molecular flexibility index (Phi) is 7.46. The fourth-order valence-electron chi connectivity index (χ4n) is 4.12. The molecule has 2 aromatic rings. The molecule has 1 saturated carbocycles. The summed E-state index contributed by atoms with van der Waals surface area (Å²) < 4.78 is 5.13. The van der Waals surface area contributed by atoms with Gasteiger partial charge in [0, 0.05) is 26.1 Å². The number of ether oxygens (including phenoxy) is 1. The van der Waals surface area contributed by atoms with E-state index in [1.807, 2.05) is 0 Å². The van der Waals surface area contributed by atoms with Crippen LogP contribution in [0.15, 0.2) is 60.7 Å². The maximum Gasteiger partial charge on any atom is 0.302 e. The predicted octanol–water partition coefficient (Wildman–Crippen LogP) is 5.20. The van der Waals surface area contributed by atoms with Crippen LogP contribution in [0, 0.1) is 5.92 Å². The minimum absolute atomic E-state index is 0.166. The molecule has 0 bridgehead atoms. The van der Waals surface area contributed by atoms with Crippen LogP contribution in [0.1, 0.15) is 50.2 Å². The largest absolute Gasteiger partial charge is 0.466 e. The van der Waals surface area contributed by atoms with Crippen molar-refractivity contribution in [2.45, 2.75) is 58.2 Å². The first kappa shape index (κ1) is 19.6. The molecular weight excluding hydrogens is 334 g/mol. The Labute approximate surface area is 163 Å². The normalized spacial score (nSPS) is 19.8. The van der Waals surface area contributed by atoms with Gasteiger partial charge < -0.3 is 4.74 Å². The van der Waals surface area contributed by atoms with Gasteiger partial charge in [0.25, 0.3) is 0 Å². The second-order valence-corrected chi connectivity index (χ2v) is 7.68. The van der Waals surface area contributed by atoms with Crippen molar-refractivity contribution in [2.75, 3.05) is 6.61 Å². The molecule has 3 rings (SSSR count). The van der Waals surface area contributed by atoms with Gasteiger partial charge in [0.15, 0.2) is 0 Å². The van der Waals surface area contributed by atoms with Crippen molar-refractivity contribution in [1.82, 2.24) is 4.90 Å². The highest BCUT2D eigenvalue weighted by atomic mass is 16.5. The van der Waals surface area contributed by atoms with Crippen molar-refractivity contribution in [3.8, 4) is 0 Å². The number of benzene rings is 2. The summed E-state index contributed by atoms with van der Waals surface area (Å²) in [6, 6.07) is 22.2. The van der Waals surface area contributed by atoms with Crippen LogP contribution in [0.5, 0.6) is 0 Å². The third kappa shape index (κ3) is 6.51. The van der Waals surface area contributed by atoms with Crippen LogP contribution in [0.25, 0.3) is 0 Å². The Morgan fingerprint density at radius 1 is 0.889 bits per heavy atom. The third-order valence-electron chi connectivity index (χ3n) is 5.62. The van der Waals surface area contributed by atoms with Crippen LogP contribution in [0.4, 0.5) is 0 Å². The van der Waals surface area contributed by atoms with Gasteiger partial charge in [-0.2, -0.15) is 0 Å². The van der Waals surface area contributed by atoms with E-state index in [9.17, 15) is 4.79 Å². The highest BCUT2D eigenvalue weighted by Gasteiger charge is 2.26. The topological polar surface area (TPSA) is 29.5 Å². The van der Waals surface area contributed by atoms with E-state index in [4.69, 9.17) is 4.74 Å². The third-order valence-corrected chi connectivity index (χ3v) is 5.62. The van der Waals surface area contributed by atoms with Crippen LogP contribution in [0.2, 0.25) is 0 Å². The molecule has 0 saturated heterocycles. The standard InChI is InChI=1S/C24H31NO2/c1-20(26)27-17-16-21-12-14-24(15-13-21)25(18-22-8-4-2-5-9-22)19-23-10-6-3-7-11-23/h2-11,21,24H,12-19H2,1H3. The molecule has 0 amide bonds. The quantitative estimate of drug-likeness (QED) is 0.602. The van der Waals surface area contributed by atoms with Crippen molar-refractivity contribution in [3.63, 3.8) is 0 Å². The Balaban J connectivity index is 1.58. The second kappa shape index (κ2) is 10.3. The summed E-state index contributed by atoms with van der Waals surface area (Å²) in [4.78, 5) is 13.6. The lowest BCUT2D eigenvalue weighted by atomic mass is 9.83. The summed E-state index contributed by atoms with van der Waals surface area (Å²) in [5.74, 6) is 0.525. The maximum absolute atomic E-state index is 10.9. The van der Waals surface area contributed by atoms with E-state index in [1.54, 1.807) is 0 Å². The van der Waals surface area contributed by atoms with E-state index in [0.717, 1.165) is 19.5 Å².